The average molecular weight is 526 g/mol. The van der Waals surface area contributed by atoms with Crippen LogP contribution in [0.5, 0.6) is 0 Å². The van der Waals surface area contributed by atoms with Crippen LogP contribution in [0.15, 0.2) is 35.5 Å². The highest BCUT2D eigenvalue weighted by atomic mass is 16.5. The molecular weight excluding hydrogens is 494 g/mol. The molecule has 2 saturated heterocycles. The van der Waals surface area contributed by atoms with Crippen molar-refractivity contribution in [1.29, 1.82) is 0 Å². The number of hydrogen-bond acceptors (Lipinski definition) is 12. The van der Waals surface area contributed by atoms with Crippen molar-refractivity contribution in [3.63, 3.8) is 0 Å². The molecule has 0 aliphatic carbocycles. The molecule has 5 rings (SSSR count). The van der Waals surface area contributed by atoms with Crippen LogP contribution in [0.2, 0.25) is 0 Å². The molecule has 1 aromatic carbocycles. The number of carbonyl (C=O) groups excluding carboxylic acids is 2. The number of carbonyl (C=O) groups is 2. The van der Waals surface area contributed by atoms with Gasteiger partial charge in [0.2, 0.25) is 11.9 Å². The maximum absolute atomic E-state index is 12.8. The Bertz CT molecular complexity index is 1160. The number of aliphatic hydroxyl groups is 1. The third kappa shape index (κ3) is 5.54. The van der Waals surface area contributed by atoms with Gasteiger partial charge in [0.25, 0.3) is 5.91 Å². The maximum Gasteiger partial charge on any atom is 0.337 e. The third-order valence-electron chi connectivity index (χ3n) is 6.57. The number of ether oxygens (including phenoxy) is 3. The fourth-order valence-corrected chi connectivity index (χ4v) is 4.49. The number of aromatic nitrogens is 3. The number of benzene rings is 1. The second kappa shape index (κ2) is 11.7. The van der Waals surface area contributed by atoms with Gasteiger partial charge < -0.3 is 39.3 Å². The topological polar surface area (TPSA) is 142 Å². The van der Waals surface area contributed by atoms with E-state index < -0.39 is 5.97 Å². The fraction of sp³-hybridized carbons (Fsp3) is 0.480. The summed E-state index contributed by atoms with van der Waals surface area (Å²) in [5, 5.41) is 12.3. The van der Waals surface area contributed by atoms with Crippen LogP contribution in [-0.2, 0) is 23.8 Å². The Hall–Kier alpha value is -3.81. The summed E-state index contributed by atoms with van der Waals surface area (Å²) in [6.07, 6.45) is 0. The lowest BCUT2D eigenvalue weighted by Crippen LogP contribution is -2.40. The normalized spacial score (nSPS) is 18.3. The molecule has 4 heterocycles. The van der Waals surface area contributed by atoms with Crippen molar-refractivity contribution >= 4 is 29.5 Å². The molecule has 2 aromatic rings. The molecule has 1 aromatic heterocycles. The minimum atomic E-state index is -0.589. The molecule has 3 aliphatic rings. The summed E-state index contributed by atoms with van der Waals surface area (Å²) in [5.74, 6) is 0.793. The lowest BCUT2D eigenvalue weighted by atomic mass is 10.1. The van der Waals surface area contributed by atoms with Crippen molar-refractivity contribution in [2.24, 2.45) is 0 Å². The van der Waals surface area contributed by atoms with Crippen molar-refractivity contribution in [3.05, 3.63) is 35.5 Å². The number of esters is 1. The number of methoxy groups -OCH3 is 1. The second-order valence-corrected chi connectivity index (χ2v) is 8.96. The molecule has 0 unspecified atom stereocenters. The van der Waals surface area contributed by atoms with E-state index >= 15 is 0 Å². The molecule has 0 saturated carbocycles. The first-order valence-electron chi connectivity index (χ1n) is 12.6. The lowest BCUT2D eigenvalue weighted by Gasteiger charge is -2.30. The lowest BCUT2D eigenvalue weighted by molar-refractivity contribution is -0.136. The van der Waals surface area contributed by atoms with E-state index in [9.17, 15) is 14.7 Å². The van der Waals surface area contributed by atoms with Gasteiger partial charge in [-0.3, -0.25) is 4.79 Å². The van der Waals surface area contributed by atoms with Crippen LogP contribution in [0.3, 0.4) is 0 Å². The van der Waals surface area contributed by atoms with Crippen LogP contribution in [0.25, 0.3) is 11.4 Å². The first-order chi connectivity index (χ1) is 18.6. The molecule has 2 N–H and O–H groups in total. The third-order valence-corrected chi connectivity index (χ3v) is 6.57. The minimum absolute atomic E-state index is 0.0754. The molecule has 2 fully saturated rings. The number of rotatable bonds is 8. The molecule has 0 spiro atoms. The molecule has 0 bridgehead atoms. The van der Waals surface area contributed by atoms with E-state index in [1.165, 1.54) is 12.0 Å². The van der Waals surface area contributed by atoms with E-state index in [1.807, 2.05) is 12.1 Å². The Morgan fingerprint density at radius 2 is 1.55 bits per heavy atom. The van der Waals surface area contributed by atoms with Gasteiger partial charge in [0.05, 0.1) is 52.3 Å². The summed E-state index contributed by atoms with van der Waals surface area (Å²) >= 11 is 0. The van der Waals surface area contributed by atoms with E-state index in [1.54, 1.807) is 12.1 Å². The Balaban J connectivity index is 1.41. The van der Waals surface area contributed by atoms with Crippen molar-refractivity contribution < 1.29 is 28.9 Å². The summed E-state index contributed by atoms with van der Waals surface area (Å²) in [5.41, 5.74) is 1.75. The summed E-state index contributed by atoms with van der Waals surface area (Å²) < 4.78 is 15.8. The first-order valence-corrected chi connectivity index (χ1v) is 12.6. The second-order valence-electron chi connectivity index (χ2n) is 8.96. The summed E-state index contributed by atoms with van der Waals surface area (Å²) in [6.45, 7) is 5.28. The Morgan fingerprint density at radius 1 is 0.974 bits per heavy atom. The molecule has 0 atom stereocenters. The van der Waals surface area contributed by atoms with Crippen molar-refractivity contribution in [3.8, 4) is 11.4 Å². The van der Waals surface area contributed by atoms with Gasteiger partial charge in [0, 0.05) is 44.0 Å². The zero-order valence-corrected chi connectivity index (χ0v) is 21.3. The van der Waals surface area contributed by atoms with Crippen molar-refractivity contribution in [1.82, 2.24) is 19.9 Å². The number of amides is 1. The highest BCUT2D eigenvalue weighted by molar-refractivity contribution is 6.08. The van der Waals surface area contributed by atoms with Gasteiger partial charge >= 0.3 is 5.97 Å². The Kier molecular flexibility index (Phi) is 7.96. The minimum Gasteiger partial charge on any atom is -0.466 e. The number of anilines is 3. The van der Waals surface area contributed by atoms with Crippen LogP contribution >= 0.6 is 0 Å². The number of morpholine rings is 2. The van der Waals surface area contributed by atoms with Crippen LogP contribution in [0.1, 0.15) is 0 Å². The van der Waals surface area contributed by atoms with E-state index in [0.29, 0.717) is 76.0 Å². The number of β-amino-alcohol motifs (C(OH)–C–C–N with tert-alkyl or cyclic N) is 1. The van der Waals surface area contributed by atoms with E-state index in [0.717, 1.165) is 5.56 Å². The number of nitrogens with one attached hydrogen (secondary N) is 1. The molecule has 13 heteroatoms. The van der Waals surface area contributed by atoms with Crippen LogP contribution < -0.4 is 15.1 Å². The van der Waals surface area contributed by atoms with Gasteiger partial charge in [-0.25, -0.2) is 4.79 Å². The van der Waals surface area contributed by atoms with Gasteiger partial charge in [-0.05, 0) is 24.3 Å². The van der Waals surface area contributed by atoms with Crippen molar-refractivity contribution in [2.45, 2.75) is 0 Å². The predicted octanol–water partition coefficient (Wildman–Crippen LogP) is -0.115. The van der Waals surface area contributed by atoms with E-state index in [4.69, 9.17) is 29.2 Å². The largest absolute Gasteiger partial charge is 0.466 e. The molecule has 13 nitrogen and oxygen atoms in total. The van der Waals surface area contributed by atoms with E-state index in [-0.39, 0.29) is 36.9 Å². The highest BCUT2D eigenvalue weighted by Gasteiger charge is 2.34. The van der Waals surface area contributed by atoms with Crippen LogP contribution in [0.4, 0.5) is 17.6 Å². The number of nitrogens with zero attached hydrogens (tertiary/aromatic N) is 6. The van der Waals surface area contributed by atoms with Crippen molar-refractivity contribution in [2.75, 3.05) is 94.5 Å². The monoisotopic (exact) mass is 525 g/mol. The SMILES string of the molecule is COC(=O)C1=C(Nc2ccc(-c3nc(N4CCOCC4)nc(N4CCOCC4)n3)cc2)C(=O)N(CCO)C1. The molecule has 38 heavy (non-hydrogen) atoms. The quantitative estimate of drug-likeness (QED) is 0.444. The Labute approximate surface area is 220 Å². The first kappa shape index (κ1) is 25.8. The van der Waals surface area contributed by atoms with Gasteiger partial charge in [-0.2, -0.15) is 15.0 Å². The summed E-state index contributed by atoms with van der Waals surface area (Å²) in [7, 11) is 1.27. The van der Waals surface area contributed by atoms with E-state index in [2.05, 4.69) is 15.1 Å². The van der Waals surface area contributed by atoms with Gasteiger partial charge in [-0.15, -0.1) is 0 Å². The standard InChI is InChI=1S/C25H31N7O6/c1-36-23(35)19-16-32(6-11-33)22(34)20(19)26-18-4-2-17(3-5-18)21-27-24(30-7-12-37-13-8-30)29-25(28-21)31-9-14-38-15-10-31/h2-5,26,33H,6-16H2,1H3. The fourth-order valence-electron chi connectivity index (χ4n) is 4.49. The maximum atomic E-state index is 12.8. The number of hydrogen-bond donors (Lipinski definition) is 2. The van der Waals surface area contributed by atoms with Gasteiger partial charge in [0.1, 0.15) is 5.70 Å². The average Bonchev–Trinajstić information content (AvgIpc) is 3.28. The summed E-state index contributed by atoms with van der Waals surface area (Å²) in [6, 6.07) is 7.30. The zero-order chi connectivity index (χ0) is 26.5. The van der Waals surface area contributed by atoms with Gasteiger partial charge in [-0.1, -0.05) is 0 Å². The highest BCUT2D eigenvalue weighted by Crippen LogP contribution is 2.26. The summed E-state index contributed by atoms with van der Waals surface area (Å²) in [4.78, 5) is 45.0. The van der Waals surface area contributed by atoms with Gasteiger partial charge in [0.15, 0.2) is 5.82 Å². The van der Waals surface area contributed by atoms with Crippen LogP contribution in [0, 0.1) is 0 Å². The molecular formula is C25H31N7O6. The smallest absolute Gasteiger partial charge is 0.337 e. The molecule has 1 amide bonds. The molecule has 0 radical (unpaired) electrons. The van der Waals surface area contributed by atoms with Crippen LogP contribution in [-0.4, -0.2) is 116 Å². The Morgan fingerprint density at radius 3 is 2.08 bits per heavy atom. The predicted molar refractivity (Wildman–Crippen MR) is 138 cm³/mol. The molecule has 3 aliphatic heterocycles. The zero-order valence-electron chi connectivity index (χ0n) is 21.3. The number of aliphatic hydroxyl groups excluding tert-OH is 1. The molecule has 202 valence electrons.